The standard InChI is InChI=1S/C11H15N3/c1-10(11-4-2-3-5-13-11)14-8-6-12-7-9-14/h2-5,12H,1,6-9H2. The maximum atomic E-state index is 4.29. The molecule has 0 saturated carbocycles. The molecule has 0 aliphatic carbocycles. The Hall–Kier alpha value is -1.35. The predicted octanol–water partition coefficient (Wildman–Crippen LogP) is 0.957. The van der Waals surface area contributed by atoms with Crippen molar-refractivity contribution in [3.63, 3.8) is 0 Å². The SMILES string of the molecule is C=C(c1ccccn1)N1CCNCC1. The smallest absolute Gasteiger partial charge is 0.0856 e. The molecule has 1 saturated heterocycles. The van der Waals surface area contributed by atoms with Crippen molar-refractivity contribution in [3.05, 3.63) is 36.7 Å². The van der Waals surface area contributed by atoms with Gasteiger partial charge in [0.25, 0.3) is 0 Å². The Morgan fingerprint density at radius 3 is 2.79 bits per heavy atom. The second kappa shape index (κ2) is 4.24. The highest BCUT2D eigenvalue weighted by Crippen LogP contribution is 2.14. The summed E-state index contributed by atoms with van der Waals surface area (Å²) in [6, 6.07) is 5.93. The van der Waals surface area contributed by atoms with Crippen LogP contribution in [0.15, 0.2) is 31.0 Å². The summed E-state index contributed by atoms with van der Waals surface area (Å²) in [6.07, 6.45) is 1.81. The van der Waals surface area contributed by atoms with Crippen LogP contribution in [0.2, 0.25) is 0 Å². The molecular formula is C11H15N3. The van der Waals surface area contributed by atoms with Crippen molar-refractivity contribution >= 4 is 5.70 Å². The number of piperazine rings is 1. The lowest BCUT2D eigenvalue weighted by Crippen LogP contribution is -2.42. The first-order valence-corrected chi connectivity index (χ1v) is 4.94. The molecule has 1 aliphatic heterocycles. The molecule has 1 aromatic heterocycles. The van der Waals surface area contributed by atoms with Gasteiger partial charge in [0.15, 0.2) is 0 Å². The van der Waals surface area contributed by atoms with Crippen molar-refractivity contribution in [1.29, 1.82) is 0 Å². The highest BCUT2D eigenvalue weighted by atomic mass is 15.2. The van der Waals surface area contributed by atoms with Gasteiger partial charge >= 0.3 is 0 Å². The van der Waals surface area contributed by atoms with E-state index in [-0.39, 0.29) is 0 Å². The van der Waals surface area contributed by atoms with E-state index < -0.39 is 0 Å². The van der Waals surface area contributed by atoms with E-state index in [2.05, 4.69) is 21.8 Å². The Labute approximate surface area is 84.5 Å². The van der Waals surface area contributed by atoms with Crippen LogP contribution >= 0.6 is 0 Å². The minimum absolute atomic E-state index is 0.981. The van der Waals surface area contributed by atoms with Crippen LogP contribution in [0.1, 0.15) is 5.69 Å². The zero-order chi connectivity index (χ0) is 9.80. The zero-order valence-electron chi connectivity index (χ0n) is 8.24. The average Bonchev–Trinajstić information content (AvgIpc) is 2.30. The van der Waals surface area contributed by atoms with Crippen molar-refractivity contribution in [1.82, 2.24) is 15.2 Å². The van der Waals surface area contributed by atoms with Crippen molar-refractivity contribution in [2.75, 3.05) is 26.2 Å². The van der Waals surface area contributed by atoms with Gasteiger partial charge in [0.2, 0.25) is 0 Å². The fourth-order valence-corrected chi connectivity index (χ4v) is 1.63. The van der Waals surface area contributed by atoms with E-state index in [1.807, 2.05) is 24.4 Å². The van der Waals surface area contributed by atoms with E-state index in [1.165, 1.54) is 0 Å². The normalized spacial score (nSPS) is 16.7. The summed E-state index contributed by atoms with van der Waals surface area (Å²) in [4.78, 5) is 6.57. The summed E-state index contributed by atoms with van der Waals surface area (Å²) in [5.41, 5.74) is 2.02. The number of nitrogens with one attached hydrogen (secondary N) is 1. The van der Waals surface area contributed by atoms with Crippen LogP contribution in [0, 0.1) is 0 Å². The lowest BCUT2D eigenvalue weighted by atomic mass is 10.2. The first-order valence-electron chi connectivity index (χ1n) is 4.94. The molecule has 1 fully saturated rings. The number of hydrogen-bond acceptors (Lipinski definition) is 3. The molecular weight excluding hydrogens is 174 g/mol. The van der Waals surface area contributed by atoms with Crippen LogP contribution < -0.4 is 5.32 Å². The van der Waals surface area contributed by atoms with Crippen molar-refractivity contribution in [2.45, 2.75) is 0 Å². The fourth-order valence-electron chi connectivity index (χ4n) is 1.63. The second-order valence-corrected chi connectivity index (χ2v) is 3.40. The number of hydrogen-bond donors (Lipinski definition) is 1. The Balaban J connectivity index is 2.07. The van der Waals surface area contributed by atoms with Crippen LogP contribution in [-0.2, 0) is 0 Å². The molecule has 3 nitrogen and oxygen atoms in total. The van der Waals surface area contributed by atoms with Gasteiger partial charge in [0.05, 0.1) is 11.4 Å². The highest BCUT2D eigenvalue weighted by Gasteiger charge is 2.12. The molecule has 74 valence electrons. The monoisotopic (exact) mass is 189 g/mol. The third kappa shape index (κ3) is 1.93. The van der Waals surface area contributed by atoms with E-state index in [4.69, 9.17) is 0 Å². The molecule has 2 rings (SSSR count). The molecule has 0 spiro atoms. The van der Waals surface area contributed by atoms with Gasteiger partial charge in [-0.15, -0.1) is 0 Å². The van der Waals surface area contributed by atoms with Crippen LogP contribution in [-0.4, -0.2) is 36.1 Å². The maximum absolute atomic E-state index is 4.29. The van der Waals surface area contributed by atoms with Gasteiger partial charge in [-0.1, -0.05) is 12.6 Å². The Bertz CT molecular complexity index is 302. The van der Waals surface area contributed by atoms with E-state index in [9.17, 15) is 0 Å². The van der Waals surface area contributed by atoms with Crippen LogP contribution in [0.4, 0.5) is 0 Å². The quantitative estimate of drug-likeness (QED) is 0.751. The number of pyridine rings is 1. The zero-order valence-corrected chi connectivity index (χ0v) is 8.24. The van der Waals surface area contributed by atoms with E-state index >= 15 is 0 Å². The summed E-state index contributed by atoms with van der Waals surface area (Å²) in [7, 11) is 0. The molecule has 14 heavy (non-hydrogen) atoms. The van der Waals surface area contributed by atoms with Gasteiger partial charge in [-0.05, 0) is 12.1 Å². The third-order valence-corrected chi connectivity index (χ3v) is 2.46. The Kier molecular flexibility index (Phi) is 2.79. The summed E-state index contributed by atoms with van der Waals surface area (Å²) in [5, 5.41) is 3.32. The minimum Gasteiger partial charge on any atom is -0.368 e. The molecule has 0 aromatic carbocycles. The lowest BCUT2D eigenvalue weighted by molar-refractivity contribution is 0.340. The summed E-state index contributed by atoms with van der Waals surface area (Å²) in [6.45, 7) is 8.20. The van der Waals surface area contributed by atoms with Gasteiger partial charge in [-0.25, -0.2) is 0 Å². The molecule has 0 atom stereocenters. The average molecular weight is 189 g/mol. The van der Waals surface area contributed by atoms with Gasteiger partial charge in [0, 0.05) is 32.4 Å². The number of nitrogens with zero attached hydrogens (tertiary/aromatic N) is 2. The fraction of sp³-hybridized carbons (Fsp3) is 0.364. The van der Waals surface area contributed by atoms with Gasteiger partial charge in [0.1, 0.15) is 0 Å². The van der Waals surface area contributed by atoms with Gasteiger partial charge in [-0.3, -0.25) is 4.98 Å². The largest absolute Gasteiger partial charge is 0.368 e. The summed E-state index contributed by atoms with van der Waals surface area (Å²) < 4.78 is 0. The molecule has 1 N–H and O–H groups in total. The molecule has 0 bridgehead atoms. The van der Waals surface area contributed by atoms with Crippen molar-refractivity contribution in [3.8, 4) is 0 Å². The molecule has 1 aromatic rings. The van der Waals surface area contributed by atoms with Crippen molar-refractivity contribution in [2.24, 2.45) is 0 Å². The second-order valence-electron chi connectivity index (χ2n) is 3.40. The maximum Gasteiger partial charge on any atom is 0.0856 e. The first-order chi connectivity index (χ1) is 6.88. The lowest BCUT2D eigenvalue weighted by Gasteiger charge is -2.30. The first kappa shape index (κ1) is 9.21. The molecule has 2 heterocycles. The van der Waals surface area contributed by atoms with E-state index in [1.54, 1.807) is 0 Å². The van der Waals surface area contributed by atoms with Crippen LogP contribution in [0.25, 0.3) is 5.70 Å². The van der Waals surface area contributed by atoms with Crippen LogP contribution in [0.5, 0.6) is 0 Å². The third-order valence-electron chi connectivity index (χ3n) is 2.46. The summed E-state index contributed by atoms with van der Waals surface area (Å²) in [5.74, 6) is 0. The molecule has 0 amide bonds. The summed E-state index contributed by atoms with van der Waals surface area (Å²) >= 11 is 0. The molecule has 0 unspecified atom stereocenters. The topological polar surface area (TPSA) is 28.2 Å². The highest BCUT2D eigenvalue weighted by molar-refractivity contribution is 5.58. The Morgan fingerprint density at radius 1 is 1.36 bits per heavy atom. The molecule has 0 radical (unpaired) electrons. The molecule has 3 heteroatoms. The van der Waals surface area contributed by atoms with Crippen molar-refractivity contribution < 1.29 is 0 Å². The molecule has 1 aliphatic rings. The minimum atomic E-state index is 0.981. The Morgan fingerprint density at radius 2 is 2.14 bits per heavy atom. The number of rotatable bonds is 2. The van der Waals surface area contributed by atoms with E-state index in [0.29, 0.717) is 0 Å². The van der Waals surface area contributed by atoms with E-state index in [0.717, 1.165) is 37.6 Å². The predicted molar refractivity (Wildman–Crippen MR) is 57.7 cm³/mol. The number of aromatic nitrogens is 1. The van der Waals surface area contributed by atoms with Gasteiger partial charge in [-0.2, -0.15) is 0 Å². The van der Waals surface area contributed by atoms with Gasteiger partial charge < -0.3 is 10.2 Å². The van der Waals surface area contributed by atoms with Crippen LogP contribution in [0.3, 0.4) is 0 Å².